The molecule has 0 bridgehead atoms. The second-order valence-corrected chi connectivity index (χ2v) is 4.73. The summed E-state index contributed by atoms with van der Waals surface area (Å²) >= 11 is 0. The van der Waals surface area contributed by atoms with E-state index in [0.717, 1.165) is 19.3 Å². The van der Waals surface area contributed by atoms with Gasteiger partial charge < -0.3 is 10.1 Å². The molecule has 0 aromatic rings. The first-order valence-electron chi connectivity index (χ1n) is 6.52. The van der Waals surface area contributed by atoms with Gasteiger partial charge in [-0.15, -0.1) is 6.58 Å². The van der Waals surface area contributed by atoms with Crippen molar-refractivity contribution in [2.75, 3.05) is 19.8 Å². The predicted molar refractivity (Wildman–Crippen MR) is 66.9 cm³/mol. The number of imide groups is 1. The van der Waals surface area contributed by atoms with E-state index in [-0.39, 0.29) is 23.9 Å². The van der Waals surface area contributed by atoms with Gasteiger partial charge in [0.05, 0.1) is 25.7 Å². The lowest BCUT2D eigenvalue weighted by molar-refractivity contribution is -0.139. The number of amides is 2. The van der Waals surface area contributed by atoms with E-state index < -0.39 is 0 Å². The highest BCUT2D eigenvalue weighted by molar-refractivity contribution is 6.06. The van der Waals surface area contributed by atoms with Crippen LogP contribution in [0, 0.1) is 0 Å². The molecule has 0 aromatic carbocycles. The summed E-state index contributed by atoms with van der Waals surface area (Å²) in [6.45, 7) is 5.40. The van der Waals surface area contributed by atoms with Gasteiger partial charge in [0, 0.05) is 12.6 Å². The Morgan fingerprint density at radius 1 is 1.39 bits per heavy atom. The highest BCUT2D eigenvalue weighted by Gasteiger charge is 2.45. The summed E-state index contributed by atoms with van der Waals surface area (Å²) in [5.41, 5.74) is 0. The average Bonchev–Trinajstić information content (AvgIpc) is 3.12. The summed E-state index contributed by atoms with van der Waals surface area (Å²) in [5, 5.41) is 3.09. The van der Waals surface area contributed by atoms with Crippen molar-refractivity contribution in [3.63, 3.8) is 0 Å². The third-order valence-electron chi connectivity index (χ3n) is 3.20. The van der Waals surface area contributed by atoms with Crippen molar-refractivity contribution in [3.8, 4) is 0 Å². The largest absolute Gasteiger partial charge is 0.380 e. The van der Waals surface area contributed by atoms with Crippen LogP contribution < -0.4 is 5.32 Å². The monoisotopic (exact) mass is 252 g/mol. The lowest BCUT2D eigenvalue weighted by Crippen LogP contribution is -2.40. The average molecular weight is 252 g/mol. The highest BCUT2D eigenvalue weighted by Crippen LogP contribution is 2.31. The van der Waals surface area contributed by atoms with E-state index in [4.69, 9.17) is 4.74 Å². The standard InChI is InChI=1S/C13H20N2O3/c1-2-3-7-18-8-6-14-11-9-12(16)15(13(11)17)10-4-5-10/h2,10-11,14H,1,3-9H2. The van der Waals surface area contributed by atoms with Gasteiger partial charge in [-0.05, 0) is 19.3 Å². The van der Waals surface area contributed by atoms with Gasteiger partial charge in [-0.1, -0.05) is 6.08 Å². The van der Waals surface area contributed by atoms with Crippen LogP contribution in [0.5, 0.6) is 0 Å². The number of rotatable bonds is 8. The van der Waals surface area contributed by atoms with Crippen LogP contribution in [0.3, 0.4) is 0 Å². The van der Waals surface area contributed by atoms with Crippen molar-refractivity contribution in [2.45, 2.75) is 37.8 Å². The van der Waals surface area contributed by atoms with E-state index >= 15 is 0 Å². The highest BCUT2D eigenvalue weighted by atomic mass is 16.5. The zero-order valence-corrected chi connectivity index (χ0v) is 10.6. The Bertz CT molecular complexity index is 339. The third-order valence-corrected chi connectivity index (χ3v) is 3.20. The first-order valence-corrected chi connectivity index (χ1v) is 6.52. The molecule has 1 unspecified atom stereocenters. The molecular weight excluding hydrogens is 232 g/mol. The summed E-state index contributed by atoms with van der Waals surface area (Å²) in [7, 11) is 0. The normalized spacial score (nSPS) is 23.8. The molecule has 2 aliphatic rings. The molecule has 5 nitrogen and oxygen atoms in total. The number of hydrogen-bond acceptors (Lipinski definition) is 4. The van der Waals surface area contributed by atoms with Gasteiger partial charge in [-0.25, -0.2) is 0 Å². The van der Waals surface area contributed by atoms with Crippen molar-refractivity contribution >= 4 is 11.8 Å². The Hall–Kier alpha value is -1.20. The zero-order chi connectivity index (χ0) is 13.0. The molecule has 5 heteroatoms. The van der Waals surface area contributed by atoms with Crippen LogP contribution in [0.25, 0.3) is 0 Å². The second-order valence-electron chi connectivity index (χ2n) is 4.73. The van der Waals surface area contributed by atoms with E-state index in [1.54, 1.807) is 6.08 Å². The van der Waals surface area contributed by atoms with Crippen molar-refractivity contribution in [1.29, 1.82) is 0 Å². The van der Waals surface area contributed by atoms with Crippen LogP contribution in [-0.2, 0) is 14.3 Å². The summed E-state index contributed by atoms with van der Waals surface area (Å²) in [6, 6.07) is -0.165. The Balaban J connectivity index is 1.66. The number of likely N-dealkylation sites (tertiary alicyclic amines) is 1. The van der Waals surface area contributed by atoms with Gasteiger partial charge in [0.2, 0.25) is 11.8 Å². The lowest BCUT2D eigenvalue weighted by atomic mass is 10.2. The molecule has 100 valence electrons. The van der Waals surface area contributed by atoms with Gasteiger partial charge in [-0.2, -0.15) is 0 Å². The van der Waals surface area contributed by atoms with Crippen molar-refractivity contribution in [2.24, 2.45) is 0 Å². The maximum Gasteiger partial charge on any atom is 0.247 e. The Labute approximate surface area is 107 Å². The van der Waals surface area contributed by atoms with E-state index in [2.05, 4.69) is 11.9 Å². The molecule has 2 amide bonds. The summed E-state index contributed by atoms with van der Waals surface area (Å²) < 4.78 is 5.34. The van der Waals surface area contributed by atoms with Gasteiger partial charge >= 0.3 is 0 Å². The summed E-state index contributed by atoms with van der Waals surface area (Å²) in [4.78, 5) is 25.1. The van der Waals surface area contributed by atoms with Crippen molar-refractivity contribution < 1.29 is 14.3 Å². The molecule has 2 rings (SSSR count). The maximum atomic E-state index is 12.0. The SMILES string of the molecule is C=CCCOCCNC1CC(=O)N(C2CC2)C1=O. The number of nitrogens with one attached hydrogen (secondary N) is 1. The van der Waals surface area contributed by atoms with Crippen LogP contribution in [0.1, 0.15) is 25.7 Å². The van der Waals surface area contributed by atoms with Crippen molar-refractivity contribution in [1.82, 2.24) is 10.2 Å². The fourth-order valence-corrected chi connectivity index (χ4v) is 2.10. The molecule has 1 aliphatic heterocycles. The second kappa shape index (κ2) is 6.11. The fraction of sp³-hybridized carbons (Fsp3) is 0.692. The number of carbonyl (C=O) groups is 2. The van der Waals surface area contributed by atoms with Crippen LogP contribution >= 0.6 is 0 Å². The molecule has 1 saturated carbocycles. The maximum absolute atomic E-state index is 12.0. The zero-order valence-electron chi connectivity index (χ0n) is 10.6. The molecule has 1 aliphatic carbocycles. The van der Waals surface area contributed by atoms with E-state index in [1.807, 2.05) is 0 Å². The molecule has 0 radical (unpaired) electrons. The van der Waals surface area contributed by atoms with Crippen LogP contribution in [0.2, 0.25) is 0 Å². The molecule has 18 heavy (non-hydrogen) atoms. The van der Waals surface area contributed by atoms with Crippen LogP contribution in [0.15, 0.2) is 12.7 Å². The van der Waals surface area contributed by atoms with Gasteiger partial charge in [0.15, 0.2) is 0 Å². The molecular formula is C13H20N2O3. The molecule has 0 aromatic heterocycles. The topological polar surface area (TPSA) is 58.6 Å². The Morgan fingerprint density at radius 3 is 2.83 bits per heavy atom. The minimum atomic E-state index is -0.346. The number of carbonyl (C=O) groups excluding carboxylic acids is 2. The first-order chi connectivity index (χ1) is 8.74. The quantitative estimate of drug-likeness (QED) is 0.387. The van der Waals surface area contributed by atoms with Gasteiger partial charge in [0.25, 0.3) is 0 Å². The minimum absolute atomic E-state index is 0.0347. The molecule has 1 heterocycles. The molecule has 0 spiro atoms. The van der Waals surface area contributed by atoms with Crippen LogP contribution in [0.4, 0.5) is 0 Å². The molecule has 1 N–H and O–H groups in total. The minimum Gasteiger partial charge on any atom is -0.380 e. The van der Waals surface area contributed by atoms with Crippen molar-refractivity contribution in [3.05, 3.63) is 12.7 Å². The van der Waals surface area contributed by atoms with E-state index in [9.17, 15) is 9.59 Å². The fourth-order valence-electron chi connectivity index (χ4n) is 2.10. The molecule has 1 saturated heterocycles. The molecule has 1 atom stereocenters. The third kappa shape index (κ3) is 3.17. The summed E-state index contributed by atoms with van der Waals surface area (Å²) in [6.07, 6.45) is 4.86. The Kier molecular flexibility index (Phi) is 4.49. The van der Waals surface area contributed by atoms with E-state index in [1.165, 1.54) is 4.90 Å². The summed E-state index contributed by atoms with van der Waals surface area (Å²) in [5.74, 6) is -0.0961. The van der Waals surface area contributed by atoms with Gasteiger partial charge in [-0.3, -0.25) is 14.5 Å². The smallest absolute Gasteiger partial charge is 0.247 e. The van der Waals surface area contributed by atoms with Gasteiger partial charge in [0.1, 0.15) is 0 Å². The number of ether oxygens (including phenoxy) is 1. The molecule has 2 fully saturated rings. The first kappa shape index (κ1) is 13.2. The van der Waals surface area contributed by atoms with E-state index in [0.29, 0.717) is 26.2 Å². The Morgan fingerprint density at radius 2 is 2.17 bits per heavy atom. The number of nitrogens with zero attached hydrogens (tertiary/aromatic N) is 1. The van der Waals surface area contributed by atoms with Crippen LogP contribution in [-0.4, -0.2) is 48.6 Å². The number of hydrogen-bond donors (Lipinski definition) is 1. The predicted octanol–water partition coefficient (Wildman–Crippen LogP) is 0.459. The lowest BCUT2D eigenvalue weighted by Gasteiger charge is -2.14.